The van der Waals surface area contributed by atoms with Crippen molar-refractivity contribution in [3.8, 4) is 11.8 Å². The average molecular weight is 93.1 g/mol. The lowest BCUT2D eigenvalue weighted by atomic mass is 10.5. The molecule has 0 aliphatic heterocycles. The second kappa shape index (κ2) is 3.05. The molecule has 1 heteroatoms. The van der Waals surface area contributed by atoms with Gasteiger partial charge in [0.2, 0.25) is 0 Å². The minimum absolute atomic E-state index is 0.375. The Hall–Kier alpha value is -1.16. The first-order valence-corrected chi connectivity index (χ1v) is 1.84. The summed E-state index contributed by atoms with van der Waals surface area (Å²) in [7, 11) is 0. The Morgan fingerprint density at radius 2 is 2.29 bits per heavy atom. The molecule has 2 N–H and O–H groups in total. The first kappa shape index (κ1) is 5.84. The van der Waals surface area contributed by atoms with Crippen molar-refractivity contribution in [2.45, 2.75) is 0 Å². The fraction of sp³-hybridized carbons (Fsp3) is 0. The molecule has 0 fully saturated rings. The van der Waals surface area contributed by atoms with Crippen molar-refractivity contribution in [3.05, 3.63) is 24.9 Å². The molecule has 0 heterocycles. The Morgan fingerprint density at radius 1 is 1.71 bits per heavy atom. The summed E-state index contributed by atoms with van der Waals surface area (Å²) < 4.78 is 0. The Labute approximate surface area is 43.5 Å². The zero-order valence-electron chi connectivity index (χ0n) is 4.07. The number of hydrogen-bond donors (Lipinski definition) is 1. The number of nitrogens with two attached hydrogens (primary N) is 1. The van der Waals surface area contributed by atoms with Gasteiger partial charge in [-0.25, -0.2) is 0 Å². The van der Waals surface area contributed by atoms with Crippen molar-refractivity contribution in [1.82, 2.24) is 0 Å². The molecule has 0 aromatic rings. The molecule has 0 amide bonds. The Morgan fingerprint density at radius 3 is 2.43 bits per heavy atom. The van der Waals surface area contributed by atoms with Gasteiger partial charge in [0, 0.05) is 0 Å². The van der Waals surface area contributed by atoms with Crippen LogP contribution in [0.25, 0.3) is 0 Å². The lowest BCUT2D eigenvalue weighted by Crippen LogP contribution is -1.87. The van der Waals surface area contributed by atoms with E-state index in [0.717, 1.165) is 0 Å². The maximum Gasteiger partial charge on any atom is 0.0757 e. The molecule has 0 spiro atoms. The SMILES string of the molecule is C=CC#CC(=C)N. The maximum absolute atomic E-state index is 5.06. The quantitative estimate of drug-likeness (QED) is 0.437. The van der Waals surface area contributed by atoms with E-state index in [-0.39, 0.29) is 0 Å². The highest BCUT2D eigenvalue weighted by Crippen LogP contribution is 1.66. The van der Waals surface area contributed by atoms with Crippen LogP contribution in [0.4, 0.5) is 0 Å². The molecular weight excluding hydrogens is 86.1 g/mol. The maximum atomic E-state index is 5.06. The van der Waals surface area contributed by atoms with Crippen LogP contribution < -0.4 is 5.73 Å². The van der Waals surface area contributed by atoms with Gasteiger partial charge in [-0.05, 0) is 12.0 Å². The van der Waals surface area contributed by atoms with E-state index in [2.05, 4.69) is 25.0 Å². The van der Waals surface area contributed by atoms with Crippen molar-refractivity contribution in [2.75, 3.05) is 0 Å². The van der Waals surface area contributed by atoms with Crippen molar-refractivity contribution in [1.29, 1.82) is 0 Å². The second-order valence-corrected chi connectivity index (χ2v) is 0.999. The first-order chi connectivity index (χ1) is 3.27. The lowest BCUT2D eigenvalue weighted by molar-refractivity contribution is 1.50. The predicted molar refractivity (Wildman–Crippen MR) is 31.3 cm³/mol. The molecule has 0 saturated carbocycles. The molecule has 1 nitrogen and oxygen atoms in total. The lowest BCUT2D eigenvalue weighted by Gasteiger charge is -1.73. The van der Waals surface area contributed by atoms with Gasteiger partial charge in [-0.2, -0.15) is 0 Å². The van der Waals surface area contributed by atoms with Gasteiger partial charge in [-0.1, -0.05) is 19.1 Å². The van der Waals surface area contributed by atoms with Crippen LogP contribution in [0, 0.1) is 11.8 Å². The summed E-state index contributed by atoms with van der Waals surface area (Å²) in [5.41, 5.74) is 5.44. The average Bonchev–Trinajstić information content (AvgIpc) is 1.61. The standard InChI is InChI=1S/C6H7N/c1-3-4-5-6(2)7/h3H,1-2,7H2. The van der Waals surface area contributed by atoms with Crippen LogP contribution in [0.1, 0.15) is 0 Å². The van der Waals surface area contributed by atoms with Crippen molar-refractivity contribution in [2.24, 2.45) is 5.73 Å². The molecular formula is C6H7N. The summed E-state index contributed by atoms with van der Waals surface area (Å²) in [4.78, 5) is 0. The van der Waals surface area contributed by atoms with E-state index < -0.39 is 0 Å². The van der Waals surface area contributed by atoms with E-state index in [1.54, 1.807) is 0 Å². The minimum atomic E-state index is 0.375. The summed E-state index contributed by atoms with van der Waals surface area (Å²) in [6.45, 7) is 6.71. The van der Waals surface area contributed by atoms with Crippen molar-refractivity contribution < 1.29 is 0 Å². The van der Waals surface area contributed by atoms with Crippen LogP contribution in [-0.4, -0.2) is 0 Å². The highest BCUT2D eigenvalue weighted by molar-refractivity contribution is 5.26. The zero-order chi connectivity index (χ0) is 5.70. The normalized spacial score (nSPS) is 5.71. The molecule has 0 aromatic carbocycles. The fourth-order valence-corrected chi connectivity index (χ4v) is 0.144. The van der Waals surface area contributed by atoms with Crippen LogP contribution in [-0.2, 0) is 0 Å². The Bertz CT molecular complexity index is 134. The van der Waals surface area contributed by atoms with Crippen LogP contribution in [0.3, 0.4) is 0 Å². The number of rotatable bonds is 0. The fourth-order valence-electron chi connectivity index (χ4n) is 0.144. The first-order valence-electron chi connectivity index (χ1n) is 1.84. The molecule has 36 valence electrons. The van der Waals surface area contributed by atoms with Gasteiger partial charge in [0.15, 0.2) is 0 Å². The monoisotopic (exact) mass is 93.1 g/mol. The third-order valence-electron chi connectivity index (χ3n) is 0.335. The summed E-state index contributed by atoms with van der Waals surface area (Å²) in [5.74, 6) is 5.05. The molecule has 0 radical (unpaired) electrons. The summed E-state index contributed by atoms with van der Waals surface area (Å²) in [5, 5.41) is 0. The topological polar surface area (TPSA) is 26.0 Å². The second-order valence-electron chi connectivity index (χ2n) is 0.999. The highest BCUT2D eigenvalue weighted by Gasteiger charge is 1.63. The Kier molecular flexibility index (Phi) is 2.54. The van der Waals surface area contributed by atoms with E-state index in [0.29, 0.717) is 5.70 Å². The van der Waals surface area contributed by atoms with E-state index in [1.807, 2.05) is 0 Å². The van der Waals surface area contributed by atoms with Crippen molar-refractivity contribution >= 4 is 0 Å². The van der Waals surface area contributed by atoms with Gasteiger partial charge in [0.25, 0.3) is 0 Å². The van der Waals surface area contributed by atoms with Gasteiger partial charge in [-0.15, -0.1) is 0 Å². The largest absolute Gasteiger partial charge is 0.392 e. The summed E-state index contributed by atoms with van der Waals surface area (Å²) in [6, 6.07) is 0. The van der Waals surface area contributed by atoms with Gasteiger partial charge in [0.05, 0.1) is 5.70 Å². The molecule has 0 bridgehead atoms. The van der Waals surface area contributed by atoms with E-state index in [1.165, 1.54) is 6.08 Å². The molecule has 0 aliphatic carbocycles. The molecule has 0 aliphatic rings. The molecule has 0 rings (SSSR count). The smallest absolute Gasteiger partial charge is 0.0757 e. The van der Waals surface area contributed by atoms with E-state index >= 15 is 0 Å². The molecule has 0 aromatic heterocycles. The van der Waals surface area contributed by atoms with Gasteiger partial charge < -0.3 is 5.73 Å². The van der Waals surface area contributed by atoms with Crippen LogP contribution in [0.5, 0.6) is 0 Å². The van der Waals surface area contributed by atoms with Gasteiger partial charge in [-0.3, -0.25) is 0 Å². The number of hydrogen-bond acceptors (Lipinski definition) is 1. The zero-order valence-corrected chi connectivity index (χ0v) is 4.07. The number of allylic oxidation sites excluding steroid dienone is 2. The summed E-state index contributed by atoms with van der Waals surface area (Å²) in [6.07, 6.45) is 1.47. The van der Waals surface area contributed by atoms with E-state index in [9.17, 15) is 0 Å². The van der Waals surface area contributed by atoms with Crippen LogP contribution in [0.2, 0.25) is 0 Å². The molecule has 0 saturated heterocycles. The summed E-state index contributed by atoms with van der Waals surface area (Å²) >= 11 is 0. The molecule has 0 atom stereocenters. The Balaban J connectivity index is 3.66. The van der Waals surface area contributed by atoms with Crippen LogP contribution in [0.15, 0.2) is 24.9 Å². The molecule has 7 heavy (non-hydrogen) atoms. The van der Waals surface area contributed by atoms with Crippen molar-refractivity contribution in [3.63, 3.8) is 0 Å². The minimum Gasteiger partial charge on any atom is -0.392 e. The highest BCUT2D eigenvalue weighted by atomic mass is 14.5. The third kappa shape index (κ3) is 4.84. The van der Waals surface area contributed by atoms with Gasteiger partial charge in [0.1, 0.15) is 0 Å². The third-order valence-corrected chi connectivity index (χ3v) is 0.335. The molecule has 0 unspecified atom stereocenters. The van der Waals surface area contributed by atoms with Gasteiger partial charge >= 0.3 is 0 Å². The predicted octanol–water partition coefficient (Wildman–Crippen LogP) is 0.648. The van der Waals surface area contributed by atoms with E-state index in [4.69, 9.17) is 5.73 Å². The van der Waals surface area contributed by atoms with Crippen LogP contribution >= 0.6 is 0 Å².